The maximum Gasteiger partial charge on any atom is 0.151 e. The molecule has 2 saturated heterocycles. The third-order valence-electron chi connectivity index (χ3n) is 5.50. The van der Waals surface area contributed by atoms with E-state index in [1.165, 1.54) is 24.3 Å². The van der Waals surface area contributed by atoms with Crippen molar-refractivity contribution in [1.29, 1.82) is 0 Å². The monoisotopic (exact) mass is 401 g/mol. The Balaban J connectivity index is 2.15. The molecule has 2 fully saturated rings. The van der Waals surface area contributed by atoms with Gasteiger partial charge in [-0.15, -0.1) is 0 Å². The fourth-order valence-corrected chi connectivity index (χ4v) is 3.94. The van der Waals surface area contributed by atoms with Gasteiger partial charge in [-0.25, -0.2) is 0 Å². The fraction of sp³-hybridized carbons (Fsp3) is 0.667. The zero-order valence-corrected chi connectivity index (χ0v) is 14.8. The van der Waals surface area contributed by atoms with E-state index in [-0.39, 0.29) is 5.56 Å². The topological polar surface area (TPSA) is 180 Å². The minimum absolute atomic E-state index is 0.201. The van der Waals surface area contributed by atoms with Crippen molar-refractivity contribution in [1.82, 2.24) is 0 Å². The van der Waals surface area contributed by atoms with Crippen LogP contribution in [0.25, 0.3) is 0 Å². The van der Waals surface area contributed by atoms with Gasteiger partial charge in [-0.05, 0) is 11.6 Å². The third-order valence-corrected chi connectivity index (χ3v) is 5.50. The standard InChI is InChI=1S/C18H25O10/c19-6-9-11(21)13(23)15(25)17(27-9)18(8-4-2-1-3-5-8)16(26)14(24)12(22)10(7-20)28-18/h2-5,9-17,19-26H,6-7H2/t9-,10-,11+,12+,13+,14+,15-,16-,17?,18?/m1/s1. The molecule has 1 aromatic rings. The summed E-state index contributed by atoms with van der Waals surface area (Å²) < 4.78 is 11.4. The van der Waals surface area contributed by atoms with Gasteiger partial charge < -0.3 is 50.3 Å². The molecule has 10 heteroatoms. The highest BCUT2D eigenvalue weighted by Gasteiger charge is 2.63. The molecule has 1 aromatic carbocycles. The molecule has 10 atom stereocenters. The molecule has 3 rings (SSSR count). The van der Waals surface area contributed by atoms with Gasteiger partial charge in [0, 0.05) is 0 Å². The first-order valence-electron chi connectivity index (χ1n) is 8.89. The highest BCUT2D eigenvalue weighted by molar-refractivity contribution is 5.29. The Morgan fingerprint density at radius 3 is 1.93 bits per heavy atom. The largest absolute Gasteiger partial charge is 0.394 e. The first-order valence-corrected chi connectivity index (χ1v) is 8.89. The molecule has 1 radical (unpaired) electrons. The Hall–Kier alpha value is -1.18. The maximum absolute atomic E-state index is 10.9. The molecule has 8 N–H and O–H groups in total. The summed E-state index contributed by atoms with van der Waals surface area (Å²) in [6, 6.07) is 8.64. The second kappa shape index (κ2) is 8.28. The van der Waals surface area contributed by atoms with Gasteiger partial charge in [-0.1, -0.05) is 24.3 Å². The predicted molar refractivity (Wildman–Crippen MR) is 90.7 cm³/mol. The number of aliphatic hydroxyl groups excluding tert-OH is 8. The van der Waals surface area contributed by atoms with Crippen LogP contribution in [0.1, 0.15) is 5.56 Å². The van der Waals surface area contributed by atoms with E-state index in [1.807, 2.05) is 0 Å². The molecule has 2 unspecified atom stereocenters. The van der Waals surface area contributed by atoms with Gasteiger partial charge in [-0.2, -0.15) is 0 Å². The quantitative estimate of drug-likeness (QED) is 0.248. The van der Waals surface area contributed by atoms with Crippen molar-refractivity contribution in [2.45, 2.75) is 60.5 Å². The summed E-state index contributed by atoms with van der Waals surface area (Å²) in [7, 11) is 0. The van der Waals surface area contributed by atoms with Crippen molar-refractivity contribution in [3.63, 3.8) is 0 Å². The van der Waals surface area contributed by atoms with Gasteiger partial charge >= 0.3 is 0 Å². The number of hydrogen-bond donors (Lipinski definition) is 8. The van der Waals surface area contributed by atoms with E-state index in [0.717, 1.165) is 0 Å². The second-order valence-electron chi connectivity index (χ2n) is 7.10. The van der Waals surface area contributed by atoms with Crippen molar-refractivity contribution in [2.24, 2.45) is 0 Å². The van der Waals surface area contributed by atoms with Crippen LogP contribution >= 0.6 is 0 Å². The van der Waals surface area contributed by atoms with Crippen LogP contribution in [0.2, 0.25) is 0 Å². The molecule has 0 bridgehead atoms. The van der Waals surface area contributed by atoms with E-state index in [9.17, 15) is 40.9 Å². The molecule has 2 aliphatic rings. The SMILES string of the molecule is OC[C@H]1OC(c2cc[c]cc2)(C2O[C@H](CO)[C@H](O)[C@H](O)[C@H]2O)[C@H](O)[C@@H](O)[C@H]1O. The van der Waals surface area contributed by atoms with Crippen molar-refractivity contribution in [2.75, 3.05) is 13.2 Å². The highest BCUT2D eigenvalue weighted by atomic mass is 16.6. The highest BCUT2D eigenvalue weighted by Crippen LogP contribution is 2.45. The first-order chi connectivity index (χ1) is 13.3. The van der Waals surface area contributed by atoms with E-state index >= 15 is 0 Å². The van der Waals surface area contributed by atoms with Crippen LogP contribution in [-0.4, -0.2) is 109 Å². The summed E-state index contributed by atoms with van der Waals surface area (Å²) in [6.45, 7) is -1.42. The molecule has 0 aliphatic carbocycles. The maximum atomic E-state index is 10.9. The lowest BCUT2D eigenvalue weighted by Crippen LogP contribution is -2.73. The molecule has 0 saturated carbocycles. The number of ether oxygens (including phenoxy) is 2. The predicted octanol–water partition coefficient (Wildman–Crippen LogP) is -4.00. The number of aliphatic hydroxyl groups is 8. The summed E-state index contributed by atoms with van der Waals surface area (Å²) in [4.78, 5) is 0. The molecule has 157 valence electrons. The van der Waals surface area contributed by atoms with E-state index in [4.69, 9.17) is 9.47 Å². The zero-order valence-electron chi connectivity index (χ0n) is 14.8. The molecular weight excluding hydrogens is 376 g/mol. The lowest BCUT2D eigenvalue weighted by molar-refractivity contribution is -0.348. The Morgan fingerprint density at radius 2 is 1.36 bits per heavy atom. The Kier molecular flexibility index (Phi) is 6.37. The summed E-state index contributed by atoms with van der Waals surface area (Å²) in [6.07, 6.45) is -14.7. The smallest absolute Gasteiger partial charge is 0.151 e. The van der Waals surface area contributed by atoms with Crippen LogP contribution in [0.15, 0.2) is 24.3 Å². The van der Waals surface area contributed by atoms with Crippen LogP contribution in [0.4, 0.5) is 0 Å². The van der Waals surface area contributed by atoms with Gasteiger partial charge in [0.1, 0.15) is 54.9 Å². The normalized spacial score (nSPS) is 47.1. The lowest BCUT2D eigenvalue weighted by atomic mass is 9.72. The van der Waals surface area contributed by atoms with Gasteiger partial charge in [0.25, 0.3) is 0 Å². The van der Waals surface area contributed by atoms with Crippen molar-refractivity contribution in [3.05, 3.63) is 35.9 Å². The Bertz CT molecular complexity index is 641. The molecule has 2 aliphatic heterocycles. The van der Waals surface area contributed by atoms with Crippen LogP contribution in [-0.2, 0) is 15.1 Å². The third kappa shape index (κ3) is 3.25. The summed E-state index contributed by atoms with van der Waals surface area (Å²) in [5, 5.41) is 81.3. The molecule has 0 spiro atoms. The minimum atomic E-state index is -2.05. The number of rotatable bonds is 4. The van der Waals surface area contributed by atoms with Crippen LogP contribution in [0.5, 0.6) is 0 Å². The number of hydrogen-bond acceptors (Lipinski definition) is 10. The van der Waals surface area contributed by atoms with Crippen LogP contribution in [0, 0.1) is 6.07 Å². The first kappa shape index (κ1) is 21.5. The van der Waals surface area contributed by atoms with E-state index in [0.29, 0.717) is 0 Å². The molecule has 28 heavy (non-hydrogen) atoms. The molecule has 2 heterocycles. The molecule has 0 aromatic heterocycles. The molecule has 10 nitrogen and oxygen atoms in total. The molecule has 0 amide bonds. The van der Waals surface area contributed by atoms with Gasteiger partial charge in [0.2, 0.25) is 0 Å². The van der Waals surface area contributed by atoms with E-state index in [2.05, 4.69) is 6.07 Å². The summed E-state index contributed by atoms with van der Waals surface area (Å²) in [5.74, 6) is 0. The minimum Gasteiger partial charge on any atom is -0.394 e. The number of benzene rings is 1. The average molecular weight is 401 g/mol. The molecular formula is C18H25O10. The van der Waals surface area contributed by atoms with Gasteiger partial charge in [0.15, 0.2) is 5.60 Å². The Morgan fingerprint density at radius 1 is 0.786 bits per heavy atom. The van der Waals surface area contributed by atoms with Crippen LogP contribution in [0.3, 0.4) is 0 Å². The van der Waals surface area contributed by atoms with Crippen LogP contribution < -0.4 is 0 Å². The van der Waals surface area contributed by atoms with Crippen molar-refractivity contribution in [3.8, 4) is 0 Å². The van der Waals surface area contributed by atoms with Crippen molar-refractivity contribution < 1.29 is 50.3 Å². The fourth-order valence-electron chi connectivity index (χ4n) is 3.94. The van der Waals surface area contributed by atoms with E-state index < -0.39 is 73.8 Å². The van der Waals surface area contributed by atoms with E-state index in [1.54, 1.807) is 0 Å². The van der Waals surface area contributed by atoms with Crippen molar-refractivity contribution >= 4 is 0 Å². The summed E-state index contributed by atoms with van der Waals surface area (Å²) in [5.41, 5.74) is -1.85. The van der Waals surface area contributed by atoms with Gasteiger partial charge in [-0.3, -0.25) is 0 Å². The average Bonchev–Trinajstić information content (AvgIpc) is 2.72. The lowest BCUT2D eigenvalue weighted by Gasteiger charge is -2.55. The Labute approximate surface area is 160 Å². The van der Waals surface area contributed by atoms with Gasteiger partial charge in [0.05, 0.1) is 13.2 Å². The summed E-state index contributed by atoms with van der Waals surface area (Å²) >= 11 is 0. The second-order valence-corrected chi connectivity index (χ2v) is 7.10. The zero-order chi connectivity index (χ0) is 20.6.